The van der Waals surface area contributed by atoms with Crippen molar-refractivity contribution in [2.75, 3.05) is 51.4 Å². The Bertz CT molecular complexity index is 733. The van der Waals surface area contributed by atoms with E-state index >= 15 is 0 Å². The summed E-state index contributed by atoms with van der Waals surface area (Å²) in [5.41, 5.74) is 0. The highest BCUT2D eigenvalue weighted by molar-refractivity contribution is 8.76. The maximum absolute atomic E-state index is 6.23. The molecule has 2 aliphatic heterocycles. The molecule has 10 heteroatoms. The number of hydrogen-bond donors (Lipinski definition) is 0. The first-order valence-corrected chi connectivity index (χ1v) is 29.5. The van der Waals surface area contributed by atoms with E-state index in [1.54, 1.807) is 0 Å². The number of ether oxygens (including phenoxy) is 4. The average Bonchev–Trinajstić information content (AvgIpc) is 3.15. The molecule has 4 atom stereocenters. The van der Waals surface area contributed by atoms with Gasteiger partial charge in [0.1, 0.15) is 13.6 Å². The fourth-order valence-corrected chi connectivity index (χ4v) is 14.4. The molecular formula is C44H92N2O4S2Si2. The maximum Gasteiger partial charge on any atom is 0.147 e. The highest BCUT2D eigenvalue weighted by Gasteiger charge is 2.21. The maximum atomic E-state index is 6.23. The summed E-state index contributed by atoms with van der Waals surface area (Å²) in [5.74, 6) is 2.55. The van der Waals surface area contributed by atoms with E-state index in [2.05, 4.69) is 58.4 Å². The van der Waals surface area contributed by atoms with Crippen LogP contribution in [-0.2, 0) is 18.9 Å². The third-order valence-corrected chi connectivity index (χ3v) is 19.2. The zero-order chi connectivity index (χ0) is 38.6. The van der Waals surface area contributed by atoms with Crippen molar-refractivity contribution in [2.24, 2.45) is 0 Å². The van der Waals surface area contributed by atoms with Crippen LogP contribution in [0.25, 0.3) is 0 Å². The van der Waals surface area contributed by atoms with Gasteiger partial charge in [0.15, 0.2) is 0 Å². The lowest BCUT2D eigenvalue weighted by Gasteiger charge is -2.33. The van der Waals surface area contributed by atoms with Gasteiger partial charge in [-0.3, -0.25) is 0 Å². The van der Waals surface area contributed by atoms with Crippen molar-refractivity contribution in [1.29, 1.82) is 0 Å². The van der Waals surface area contributed by atoms with Gasteiger partial charge < -0.3 is 28.1 Å². The third-order valence-electron chi connectivity index (χ3n) is 12.0. The van der Waals surface area contributed by atoms with Crippen LogP contribution in [-0.4, -0.2) is 104 Å². The molecule has 2 aliphatic rings. The molecule has 0 aromatic rings. The molecule has 0 spiro atoms. The zero-order valence-corrected chi connectivity index (χ0v) is 41.0. The summed E-state index contributed by atoms with van der Waals surface area (Å²) in [7, 11) is 3.99. The van der Waals surface area contributed by atoms with Gasteiger partial charge in [0, 0.05) is 36.8 Å². The molecule has 0 aromatic carbocycles. The monoisotopic (exact) mass is 833 g/mol. The summed E-state index contributed by atoms with van der Waals surface area (Å²) >= 11 is 0. The van der Waals surface area contributed by atoms with Crippen LogP contribution in [0.5, 0.6) is 0 Å². The minimum absolute atomic E-state index is 0.126. The Labute approximate surface area is 349 Å². The summed E-state index contributed by atoms with van der Waals surface area (Å²) in [4.78, 5) is 0. The predicted molar refractivity (Wildman–Crippen MR) is 247 cm³/mol. The molecule has 4 unspecified atom stereocenters. The smallest absolute Gasteiger partial charge is 0.147 e. The minimum atomic E-state index is -0.126. The van der Waals surface area contributed by atoms with E-state index in [-0.39, 0.29) is 19.4 Å². The lowest BCUT2D eigenvalue weighted by Crippen LogP contribution is -2.40. The SMILES string of the molecule is CCCCCCCCCCCOCOC1CCC[SiH2]N(C(C)CCSSCCC(C)N2CCC(OCOCCCCCCCCCCC)CCC[SiH2]2)CC1. The second-order valence-electron chi connectivity index (χ2n) is 16.8. The van der Waals surface area contributed by atoms with Crippen molar-refractivity contribution < 1.29 is 18.9 Å². The molecule has 0 radical (unpaired) electrons. The van der Waals surface area contributed by atoms with Gasteiger partial charge in [-0.2, -0.15) is 0 Å². The van der Waals surface area contributed by atoms with Crippen LogP contribution in [0, 0.1) is 0 Å². The molecule has 0 bridgehead atoms. The van der Waals surface area contributed by atoms with E-state index in [4.69, 9.17) is 18.9 Å². The van der Waals surface area contributed by atoms with Crippen LogP contribution in [0.2, 0.25) is 12.1 Å². The standard InChI is InChI=1S/C44H92N2O4S2Si2/c1-5-7-9-11-13-15-17-19-21-33-47-39-49-43-25-23-37-53-45(31-27-43)41(3)29-35-51-52-36-30-42(4)46-32-28-44(26-24-38-54-46)50-40-48-34-22-20-18-16-14-12-10-8-6-2/h41-44H,5-40,53-54H2,1-4H3. The normalized spacial score (nSPS) is 21.6. The molecule has 0 aromatic heterocycles. The van der Waals surface area contributed by atoms with Crippen LogP contribution in [0.15, 0.2) is 0 Å². The molecule has 0 saturated carbocycles. The molecule has 2 heterocycles. The van der Waals surface area contributed by atoms with Crippen molar-refractivity contribution in [1.82, 2.24) is 9.13 Å². The Balaban J connectivity index is 1.45. The van der Waals surface area contributed by atoms with Gasteiger partial charge in [0.2, 0.25) is 0 Å². The number of nitrogens with zero attached hydrogens (tertiary/aromatic N) is 2. The molecular weight excluding hydrogens is 741 g/mol. The summed E-state index contributed by atoms with van der Waals surface area (Å²) in [6.07, 6.45) is 35.4. The second-order valence-corrected chi connectivity index (χ2v) is 23.5. The summed E-state index contributed by atoms with van der Waals surface area (Å²) in [5, 5.41) is 0. The highest BCUT2D eigenvalue weighted by Crippen LogP contribution is 2.27. The van der Waals surface area contributed by atoms with Gasteiger partial charge in [-0.05, 0) is 76.5 Å². The fourth-order valence-electron chi connectivity index (χ4n) is 8.08. The molecule has 0 N–H and O–H groups in total. The molecule has 0 aliphatic carbocycles. The van der Waals surface area contributed by atoms with E-state index in [0.29, 0.717) is 37.9 Å². The van der Waals surface area contributed by atoms with E-state index in [0.717, 1.165) is 13.2 Å². The second kappa shape index (κ2) is 38.1. The van der Waals surface area contributed by atoms with E-state index in [1.165, 1.54) is 204 Å². The molecule has 6 nitrogen and oxygen atoms in total. The first-order chi connectivity index (χ1) is 26.6. The minimum Gasteiger partial charge on any atom is -0.355 e. The Morgan fingerprint density at radius 1 is 0.519 bits per heavy atom. The topological polar surface area (TPSA) is 43.4 Å². The quantitative estimate of drug-likeness (QED) is 0.0271. The number of rotatable bonds is 35. The Hall–Kier alpha value is 0.894. The zero-order valence-electron chi connectivity index (χ0n) is 36.5. The van der Waals surface area contributed by atoms with Crippen LogP contribution in [0.4, 0.5) is 0 Å². The van der Waals surface area contributed by atoms with Crippen LogP contribution < -0.4 is 0 Å². The van der Waals surface area contributed by atoms with Crippen molar-refractivity contribution >= 4 is 41.0 Å². The van der Waals surface area contributed by atoms with E-state index < -0.39 is 0 Å². The molecule has 2 saturated heterocycles. The van der Waals surface area contributed by atoms with Gasteiger partial charge in [-0.15, -0.1) is 0 Å². The summed E-state index contributed by atoms with van der Waals surface area (Å²) in [6, 6.07) is 4.30. The number of hydrogen-bond acceptors (Lipinski definition) is 8. The Morgan fingerprint density at radius 3 is 1.28 bits per heavy atom. The van der Waals surface area contributed by atoms with Gasteiger partial charge in [-0.25, -0.2) is 0 Å². The highest BCUT2D eigenvalue weighted by atomic mass is 33.1. The molecule has 2 fully saturated rings. The first kappa shape index (κ1) is 51.0. The largest absolute Gasteiger partial charge is 0.355 e. The van der Waals surface area contributed by atoms with E-state index in [1.807, 2.05) is 0 Å². The van der Waals surface area contributed by atoms with Gasteiger partial charge >= 0.3 is 0 Å². The fraction of sp³-hybridized carbons (Fsp3) is 1.00. The van der Waals surface area contributed by atoms with Gasteiger partial charge in [0.25, 0.3) is 0 Å². The van der Waals surface area contributed by atoms with Crippen LogP contribution in [0.1, 0.15) is 195 Å². The summed E-state index contributed by atoms with van der Waals surface area (Å²) in [6.45, 7) is 14.7. The van der Waals surface area contributed by atoms with Crippen LogP contribution in [0.3, 0.4) is 0 Å². The predicted octanol–water partition coefficient (Wildman–Crippen LogP) is 11.7. The first-order valence-electron chi connectivity index (χ1n) is 23.7. The van der Waals surface area contributed by atoms with Crippen molar-refractivity contribution in [3.63, 3.8) is 0 Å². The molecule has 322 valence electrons. The molecule has 2 rings (SSSR count). The van der Waals surface area contributed by atoms with Crippen LogP contribution >= 0.6 is 21.6 Å². The van der Waals surface area contributed by atoms with Crippen molar-refractivity contribution in [3.05, 3.63) is 0 Å². The van der Waals surface area contributed by atoms with Gasteiger partial charge in [0.05, 0.1) is 31.6 Å². The Morgan fingerprint density at radius 2 is 0.889 bits per heavy atom. The average molecular weight is 834 g/mol. The van der Waals surface area contributed by atoms with Crippen molar-refractivity contribution in [2.45, 2.75) is 231 Å². The Kier molecular flexibility index (Phi) is 36.0. The number of unbranched alkanes of at least 4 members (excludes halogenated alkanes) is 16. The third kappa shape index (κ3) is 29.2. The molecule has 54 heavy (non-hydrogen) atoms. The lowest BCUT2D eigenvalue weighted by atomic mass is 10.1. The lowest BCUT2D eigenvalue weighted by molar-refractivity contribution is -0.0959. The van der Waals surface area contributed by atoms with Gasteiger partial charge in [-0.1, -0.05) is 165 Å². The van der Waals surface area contributed by atoms with Crippen molar-refractivity contribution in [3.8, 4) is 0 Å². The summed E-state index contributed by atoms with van der Waals surface area (Å²) < 4.78 is 30.0. The molecule has 0 amide bonds. The van der Waals surface area contributed by atoms with E-state index in [9.17, 15) is 0 Å².